The number of fused-ring (bicyclic) bond motifs is 1. The zero-order valence-electron chi connectivity index (χ0n) is 8.60. The summed E-state index contributed by atoms with van der Waals surface area (Å²) >= 11 is 3.57. The molecule has 0 spiro atoms. The molecule has 3 rings (SSSR count). The molecule has 0 saturated heterocycles. The Labute approximate surface area is 103 Å². The van der Waals surface area contributed by atoms with E-state index >= 15 is 0 Å². The first-order valence-corrected chi connectivity index (χ1v) is 5.99. The van der Waals surface area contributed by atoms with Crippen LogP contribution in [0.4, 0.5) is 0 Å². The van der Waals surface area contributed by atoms with E-state index in [2.05, 4.69) is 62.8 Å². The van der Waals surface area contributed by atoms with Crippen LogP contribution < -0.4 is 5.32 Å². The Morgan fingerprint density at radius 1 is 1.19 bits per heavy atom. The molecule has 0 aliphatic carbocycles. The zero-order valence-corrected chi connectivity index (χ0v) is 10.2. The zero-order chi connectivity index (χ0) is 11.0. The molecule has 16 heavy (non-hydrogen) atoms. The lowest BCUT2D eigenvalue weighted by atomic mass is 10.2. The predicted octanol–water partition coefficient (Wildman–Crippen LogP) is 3.06. The summed E-state index contributed by atoms with van der Waals surface area (Å²) in [5.41, 5.74) is 2.34. The highest BCUT2D eigenvalue weighted by molar-refractivity contribution is 9.10. The van der Waals surface area contributed by atoms with E-state index in [1.165, 1.54) is 5.56 Å². The summed E-state index contributed by atoms with van der Waals surface area (Å²) < 4.78 is 1.11. The van der Waals surface area contributed by atoms with Crippen LogP contribution in [0.5, 0.6) is 0 Å². The quantitative estimate of drug-likeness (QED) is 0.847. The van der Waals surface area contributed by atoms with Crippen molar-refractivity contribution in [3.05, 3.63) is 64.9 Å². The molecule has 0 amide bonds. The minimum absolute atomic E-state index is 0.257. The summed E-state index contributed by atoms with van der Waals surface area (Å²) in [6, 6.07) is 8.23. The van der Waals surface area contributed by atoms with Crippen molar-refractivity contribution in [3.8, 4) is 0 Å². The highest BCUT2D eigenvalue weighted by Gasteiger charge is 2.22. The third-order valence-electron chi connectivity index (χ3n) is 2.73. The van der Waals surface area contributed by atoms with E-state index in [1.807, 2.05) is 18.2 Å². The van der Waals surface area contributed by atoms with Crippen LogP contribution in [-0.4, -0.2) is 11.1 Å². The van der Waals surface area contributed by atoms with Gasteiger partial charge in [-0.25, -0.2) is 0 Å². The van der Waals surface area contributed by atoms with E-state index in [0.717, 1.165) is 10.2 Å². The molecule has 2 heterocycles. The van der Waals surface area contributed by atoms with Gasteiger partial charge in [-0.15, -0.1) is 0 Å². The molecule has 0 aromatic heterocycles. The molecule has 0 bridgehead atoms. The first-order valence-electron chi connectivity index (χ1n) is 5.20. The van der Waals surface area contributed by atoms with E-state index in [-0.39, 0.29) is 6.17 Å². The maximum absolute atomic E-state index is 3.57. The summed E-state index contributed by atoms with van der Waals surface area (Å²) in [5.74, 6) is 0. The molecule has 80 valence electrons. The first kappa shape index (κ1) is 9.73. The number of hydrogen-bond acceptors (Lipinski definition) is 2. The van der Waals surface area contributed by atoms with Gasteiger partial charge in [0, 0.05) is 22.4 Å². The number of nitrogens with one attached hydrogen (secondary N) is 1. The van der Waals surface area contributed by atoms with Crippen LogP contribution >= 0.6 is 15.9 Å². The average Bonchev–Trinajstić information content (AvgIpc) is 2.73. The fraction of sp³-hybridized carbons (Fsp3) is 0.0769. The number of halogens is 1. The Morgan fingerprint density at radius 3 is 2.88 bits per heavy atom. The van der Waals surface area contributed by atoms with E-state index in [4.69, 9.17) is 0 Å². The van der Waals surface area contributed by atoms with E-state index in [1.54, 1.807) is 0 Å². The molecule has 0 saturated carbocycles. The van der Waals surface area contributed by atoms with Crippen molar-refractivity contribution < 1.29 is 0 Å². The lowest BCUT2D eigenvalue weighted by molar-refractivity contribution is 0.427. The van der Waals surface area contributed by atoms with Crippen molar-refractivity contribution in [2.45, 2.75) is 6.17 Å². The normalized spacial score (nSPS) is 21.7. The number of benzene rings is 1. The first-order chi connectivity index (χ1) is 7.84. The van der Waals surface area contributed by atoms with Gasteiger partial charge in [-0.05, 0) is 18.2 Å². The van der Waals surface area contributed by atoms with Crippen molar-refractivity contribution in [1.29, 1.82) is 0 Å². The Morgan fingerprint density at radius 2 is 2.06 bits per heavy atom. The molecule has 1 unspecified atom stereocenters. The Balaban J connectivity index is 1.96. The van der Waals surface area contributed by atoms with Crippen molar-refractivity contribution in [2.24, 2.45) is 0 Å². The van der Waals surface area contributed by atoms with E-state index in [9.17, 15) is 0 Å². The van der Waals surface area contributed by atoms with Gasteiger partial charge in [0.05, 0.1) is 5.70 Å². The Kier molecular flexibility index (Phi) is 2.33. The third kappa shape index (κ3) is 1.57. The summed E-state index contributed by atoms with van der Waals surface area (Å²) in [6.07, 6.45) is 10.7. The average molecular weight is 275 g/mol. The topological polar surface area (TPSA) is 15.3 Å². The van der Waals surface area contributed by atoms with Crippen molar-refractivity contribution in [3.63, 3.8) is 0 Å². The van der Waals surface area contributed by atoms with Gasteiger partial charge in [-0.2, -0.15) is 0 Å². The van der Waals surface area contributed by atoms with Crippen LogP contribution in [0.2, 0.25) is 0 Å². The van der Waals surface area contributed by atoms with Gasteiger partial charge in [0.1, 0.15) is 6.17 Å². The van der Waals surface area contributed by atoms with Gasteiger partial charge in [0.2, 0.25) is 0 Å². The van der Waals surface area contributed by atoms with Crippen molar-refractivity contribution >= 4 is 21.6 Å². The molecule has 1 N–H and O–H groups in total. The minimum Gasteiger partial charge on any atom is -0.360 e. The van der Waals surface area contributed by atoms with Gasteiger partial charge >= 0.3 is 0 Å². The van der Waals surface area contributed by atoms with Crippen LogP contribution in [-0.2, 0) is 0 Å². The maximum Gasteiger partial charge on any atom is 0.122 e. The third-order valence-corrected chi connectivity index (χ3v) is 3.42. The molecule has 2 aliphatic rings. The van der Waals surface area contributed by atoms with Crippen LogP contribution in [0.15, 0.2) is 59.4 Å². The molecular formula is C13H11BrN2. The smallest absolute Gasteiger partial charge is 0.122 e. The van der Waals surface area contributed by atoms with Gasteiger partial charge in [0.25, 0.3) is 0 Å². The summed E-state index contributed by atoms with van der Waals surface area (Å²) in [4.78, 5) is 2.16. The molecule has 1 aromatic carbocycles. The molecular weight excluding hydrogens is 264 g/mol. The highest BCUT2D eigenvalue weighted by Crippen LogP contribution is 2.28. The second kappa shape index (κ2) is 3.83. The second-order valence-electron chi connectivity index (χ2n) is 3.79. The molecule has 3 heteroatoms. The van der Waals surface area contributed by atoms with Crippen molar-refractivity contribution in [2.75, 3.05) is 0 Å². The van der Waals surface area contributed by atoms with Gasteiger partial charge in [-0.1, -0.05) is 40.2 Å². The van der Waals surface area contributed by atoms with Gasteiger partial charge in [0.15, 0.2) is 0 Å². The molecule has 1 atom stereocenters. The van der Waals surface area contributed by atoms with Crippen LogP contribution in [0, 0.1) is 0 Å². The maximum atomic E-state index is 3.57. The molecule has 0 fully saturated rings. The monoisotopic (exact) mass is 274 g/mol. The fourth-order valence-electron chi connectivity index (χ4n) is 1.93. The minimum atomic E-state index is 0.257. The Bertz CT molecular complexity index is 502. The molecule has 0 radical (unpaired) electrons. The fourth-order valence-corrected chi connectivity index (χ4v) is 2.43. The molecule has 1 aromatic rings. The van der Waals surface area contributed by atoms with Crippen LogP contribution in [0.1, 0.15) is 5.56 Å². The predicted molar refractivity (Wildman–Crippen MR) is 69.2 cm³/mol. The molecule has 2 aliphatic heterocycles. The van der Waals surface area contributed by atoms with Crippen molar-refractivity contribution in [1.82, 2.24) is 10.2 Å². The van der Waals surface area contributed by atoms with Crippen LogP contribution in [0.3, 0.4) is 0 Å². The largest absolute Gasteiger partial charge is 0.360 e. The number of rotatable bonds is 1. The number of allylic oxidation sites excluding steroid dienone is 2. The lowest BCUT2D eigenvalue weighted by Crippen LogP contribution is -2.31. The SMILES string of the molecule is Brc1ccccc1C1=CN2C=CC=CC2N1. The molecule has 2 nitrogen and oxygen atoms in total. The van der Waals surface area contributed by atoms with Gasteiger partial charge in [-0.3, -0.25) is 0 Å². The summed E-state index contributed by atoms with van der Waals surface area (Å²) in [6.45, 7) is 0. The Hall–Kier alpha value is -1.48. The summed E-state index contributed by atoms with van der Waals surface area (Å²) in [5, 5.41) is 3.47. The highest BCUT2D eigenvalue weighted by atomic mass is 79.9. The summed E-state index contributed by atoms with van der Waals surface area (Å²) in [7, 11) is 0. The van der Waals surface area contributed by atoms with E-state index in [0.29, 0.717) is 0 Å². The standard InChI is InChI=1S/C13H11BrN2/c14-11-6-2-1-5-10(11)12-9-16-8-4-3-7-13(16)15-12/h1-9,13,15H. The van der Waals surface area contributed by atoms with E-state index < -0.39 is 0 Å². The second-order valence-corrected chi connectivity index (χ2v) is 4.64. The lowest BCUT2D eigenvalue weighted by Gasteiger charge is -2.20. The number of hydrogen-bond donors (Lipinski definition) is 1. The number of nitrogens with zero attached hydrogens (tertiary/aromatic N) is 1. The van der Waals surface area contributed by atoms with Crippen LogP contribution in [0.25, 0.3) is 5.70 Å². The van der Waals surface area contributed by atoms with Gasteiger partial charge < -0.3 is 10.2 Å².